The smallest absolute Gasteiger partial charge is 0.278 e. The van der Waals surface area contributed by atoms with E-state index in [0.29, 0.717) is 0 Å². The quantitative estimate of drug-likeness (QED) is 0.158. The Bertz CT molecular complexity index is 1460. The van der Waals surface area contributed by atoms with Crippen LogP contribution in [0.3, 0.4) is 0 Å². The van der Waals surface area contributed by atoms with Gasteiger partial charge in [0.2, 0.25) is 0 Å². The van der Waals surface area contributed by atoms with Crippen molar-refractivity contribution < 1.29 is 25.6 Å². The summed E-state index contributed by atoms with van der Waals surface area (Å²) in [4.78, 5) is 5.16. The first kappa shape index (κ1) is 25.7. The van der Waals surface area contributed by atoms with Gasteiger partial charge in [-0.3, -0.25) is 0 Å². The van der Waals surface area contributed by atoms with Crippen LogP contribution in [0.2, 0.25) is 0 Å². The first-order valence-corrected chi connectivity index (χ1v) is 11.9. The molecule has 0 saturated heterocycles. The van der Waals surface area contributed by atoms with Gasteiger partial charge in [-0.15, -0.1) is 66.2 Å². The Morgan fingerprint density at radius 2 is 1.39 bits per heavy atom. The number of benzene rings is 3. The average Bonchev–Trinajstić information content (AvgIpc) is 2.88. The van der Waals surface area contributed by atoms with Gasteiger partial charge in [0, 0.05) is 28.1 Å². The Hall–Kier alpha value is -3.42. The standard InChI is InChI=1S/C32H27BN2.Pt/c1-23-21-24(2)32(25(3)22-23)33(30-19-11-17-28(34-30)26-13-7-5-8-14-26)31-20-12-18-29(35(31)4)27-15-9-6-10-16-27;/h5-13,15,17-22H,4H2,1-3H3;/q-2;. The number of nitrogens with zero attached hydrogens (tertiary/aromatic N) is 2. The molecular formula is C32H27BN2Pt-2. The number of aromatic nitrogens is 2. The molecule has 0 N–H and O–H groups in total. The Labute approximate surface area is 229 Å². The van der Waals surface area contributed by atoms with Crippen molar-refractivity contribution in [1.82, 2.24) is 4.98 Å². The largest absolute Gasteiger partial charge is 0.324 e. The zero-order chi connectivity index (χ0) is 24.4. The van der Waals surface area contributed by atoms with E-state index in [2.05, 4.69) is 101 Å². The van der Waals surface area contributed by atoms with Crippen LogP contribution in [-0.4, -0.2) is 11.7 Å². The van der Waals surface area contributed by atoms with Gasteiger partial charge in [0.15, 0.2) is 0 Å². The fourth-order valence-corrected chi connectivity index (χ4v) is 5.01. The molecule has 2 nitrogen and oxygen atoms in total. The number of hydrogen-bond acceptors (Lipinski definition) is 1. The molecule has 0 radical (unpaired) electrons. The maximum atomic E-state index is 5.16. The first-order chi connectivity index (χ1) is 17.0. The van der Waals surface area contributed by atoms with Crippen molar-refractivity contribution in [3.8, 4) is 22.5 Å². The zero-order valence-electron chi connectivity index (χ0n) is 20.7. The van der Waals surface area contributed by atoms with Crippen LogP contribution in [-0.2, 0) is 21.1 Å². The third-order valence-electron chi connectivity index (χ3n) is 6.48. The average molecular weight is 645 g/mol. The second-order valence-electron chi connectivity index (χ2n) is 9.01. The summed E-state index contributed by atoms with van der Waals surface area (Å²) in [7, 11) is 4.49. The topological polar surface area (TPSA) is 16.8 Å². The molecule has 0 atom stereocenters. The van der Waals surface area contributed by atoms with Crippen molar-refractivity contribution in [3.05, 3.63) is 133 Å². The van der Waals surface area contributed by atoms with E-state index in [4.69, 9.17) is 4.98 Å². The summed E-state index contributed by atoms with van der Waals surface area (Å²) in [6.07, 6.45) is 0. The summed E-state index contributed by atoms with van der Waals surface area (Å²) in [5.74, 6) is 0. The Morgan fingerprint density at radius 3 is 2.03 bits per heavy atom. The van der Waals surface area contributed by atoms with Crippen LogP contribution < -0.4 is 21.2 Å². The molecule has 0 bridgehead atoms. The number of hydrogen-bond donors (Lipinski definition) is 0. The summed E-state index contributed by atoms with van der Waals surface area (Å²) >= 11 is 0. The molecule has 0 aliphatic heterocycles. The summed E-state index contributed by atoms with van der Waals surface area (Å²) in [5.41, 5.74) is 11.0. The van der Waals surface area contributed by atoms with Crippen molar-refractivity contribution >= 4 is 23.4 Å². The normalized spacial score (nSPS) is 10.5. The van der Waals surface area contributed by atoms with Gasteiger partial charge in [0.05, 0.1) is 5.59 Å². The molecule has 0 unspecified atom stereocenters. The van der Waals surface area contributed by atoms with E-state index in [1.165, 1.54) is 22.2 Å². The second-order valence-corrected chi connectivity index (χ2v) is 9.01. The monoisotopic (exact) mass is 645 g/mol. The molecule has 0 aliphatic carbocycles. The third-order valence-corrected chi connectivity index (χ3v) is 6.48. The van der Waals surface area contributed by atoms with Crippen molar-refractivity contribution in [2.24, 2.45) is 0 Å². The molecule has 0 spiro atoms. The van der Waals surface area contributed by atoms with E-state index < -0.39 is 0 Å². The summed E-state index contributed by atoms with van der Waals surface area (Å²) in [5, 5.41) is 0. The number of aryl methyl sites for hydroxylation is 3. The molecule has 5 rings (SSSR count). The first-order valence-electron chi connectivity index (χ1n) is 11.9. The van der Waals surface area contributed by atoms with Gasteiger partial charge < -0.3 is 9.55 Å². The minimum Gasteiger partial charge on any atom is -0.324 e. The van der Waals surface area contributed by atoms with Crippen LogP contribution in [0.5, 0.6) is 0 Å². The molecule has 5 aromatic rings. The molecule has 0 aliphatic rings. The van der Waals surface area contributed by atoms with E-state index in [1.807, 2.05) is 41.0 Å². The van der Waals surface area contributed by atoms with Crippen LogP contribution >= 0.6 is 0 Å². The zero-order valence-corrected chi connectivity index (χ0v) is 23.0. The fraction of sp³-hybridized carbons (Fsp3) is 0.0938. The Morgan fingerprint density at radius 1 is 0.750 bits per heavy atom. The summed E-state index contributed by atoms with van der Waals surface area (Å²) in [6, 6.07) is 39.8. The van der Waals surface area contributed by atoms with Crippen molar-refractivity contribution in [3.63, 3.8) is 0 Å². The molecule has 4 heteroatoms. The number of rotatable bonds is 5. The predicted molar refractivity (Wildman–Crippen MR) is 145 cm³/mol. The maximum Gasteiger partial charge on any atom is 0.278 e. The van der Waals surface area contributed by atoms with Gasteiger partial charge in [-0.05, 0) is 38.1 Å². The number of pyridine rings is 2. The molecule has 36 heavy (non-hydrogen) atoms. The van der Waals surface area contributed by atoms with E-state index in [-0.39, 0.29) is 27.8 Å². The molecule has 0 saturated carbocycles. The van der Waals surface area contributed by atoms with Crippen LogP contribution in [0.4, 0.5) is 0 Å². The SMILES string of the molecule is [CH2-][n+]1c(B(c2cccc(-c3[c-]cccc3)n2)c2c(C)cc(C)cc2C)cccc1-c1[c-]cccc1.[Pt]. The summed E-state index contributed by atoms with van der Waals surface area (Å²) < 4.78 is 2.04. The van der Waals surface area contributed by atoms with Crippen molar-refractivity contribution in [2.75, 3.05) is 0 Å². The third kappa shape index (κ3) is 5.08. The van der Waals surface area contributed by atoms with Crippen LogP contribution in [0.15, 0.2) is 97.1 Å². The van der Waals surface area contributed by atoms with E-state index >= 15 is 0 Å². The van der Waals surface area contributed by atoms with E-state index in [1.54, 1.807) is 0 Å². The van der Waals surface area contributed by atoms with Gasteiger partial charge in [0.1, 0.15) is 5.69 Å². The van der Waals surface area contributed by atoms with Gasteiger partial charge in [-0.25, -0.2) is 0 Å². The van der Waals surface area contributed by atoms with Crippen molar-refractivity contribution in [1.29, 1.82) is 0 Å². The van der Waals surface area contributed by atoms with Crippen LogP contribution in [0.1, 0.15) is 16.7 Å². The molecule has 0 fully saturated rings. The Balaban J connectivity index is 0.00000304. The molecule has 3 aromatic carbocycles. The van der Waals surface area contributed by atoms with Crippen LogP contribution in [0.25, 0.3) is 22.5 Å². The molecular weight excluding hydrogens is 618 g/mol. The minimum atomic E-state index is -0.0829. The fourth-order valence-electron chi connectivity index (χ4n) is 5.01. The molecule has 2 heterocycles. The maximum absolute atomic E-state index is 5.16. The predicted octanol–water partition coefficient (Wildman–Crippen LogP) is 4.38. The van der Waals surface area contributed by atoms with E-state index in [9.17, 15) is 0 Å². The minimum absolute atomic E-state index is 0. The van der Waals surface area contributed by atoms with Gasteiger partial charge in [-0.1, -0.05) is 70.2 Å². The Kier molecular flexibility index (Phi) is 7.92. The van der Waals surface area contributed by atoms with Crippen LogP contribution in [0, 0.1) is 40.0 Å². The van der Waals surface area contributed by atoms with Crippen molar-refractivity contribution in [2.45, 2.75) is 20.8 Å². The molecule has 2 aromatic heterocycles. The van der Waals surface area contributed by atoms with Gasteiger partial charge in [-0.2, -0.15) is 0 Å². The van der Waals surface area contributed by atoms with Gasteiger partial charge in [0.25, 0.3) is 6.71 Å². The van der Waals surface area contributed by atoms with Gasteiger partial charge >= 0.3 is 0 Å². The molecule has 0 amide bonds. The summed E-state index contributed by atoms with van der Waals surface area (Å²) in [6.45, 7) is 6.45. The second kappa shape index (κ2) is 11.1. The van der Waals surface area contributed by atoms with E-state index in [0.717, 1.165) is 33.7 Å². The molecule has 180 valence electrons.